The van der Waals surface area contributed by atoms with Crippen molar-refractivity contribution in [2.24, 2.45) is 5.92 Å². The highest BCUT2D eigenvalue weighted by Crippen LogP contribution is 2.25. The zero-order chi connectivity index (χ0) is 20.7. The van der Waals surface area contributed by atoms with E-state index in [9.17, 15) is 13.2 Å². The summed E-state index contributed by atoms with van der Waals surface area (Å²) in [5.74, 6) is 1.12. The molecule has 3 rings (SSSR count). The lowest BCUT2D eigenvalue weighted by Gasteiger charge is -2.31. The number of hydrogen-bond acceptors (Lipinski definition) is 4. The van der Waals surface area contributed by atoms with E-state index in [0.717, 1.165) is 11.3 Å². The van der Waals surface area contributed by atoms with Gasteiger partial charge in [0, 0.05) is 25.2 Å². The van der Waals surface area contributed by atoms with E-state index in [1.54, 1.807) is 0 Å². The van der Waals surface area contributed by atoms with E-state index >= 15 is 0 Å². The Bertz CT molecular complexity index is 915. The Hall–Kier alpha value is -2.38. The van der Waals surface area contributed by atoms with Crippen LogP contribution in [0.1, 0.15) is 31.7 Å². The van der Waals surface area contributed by atoms with Crippen molar-refractivity contribution in [2.75, 3.05) is 18.8 Å². The molecule has 29 heavy (non-hydrogen) atoms. The molecule has 0 aliphatic carbocycles. The number of carbonyl (C=O) groups is 1. The molecular formula is C22H28N2O4S. The van der Waals surface area contributed by atoms with Crippen molar-refractivity contribution in [2.45, 2.75) is 32.7 Å². The molecule has 0 aromatic heterocycles. The first-order chi connectivity index (χ1) is 14.0. The van der Waals surface area contributed by atoms with Gasteiger partial charge in [-0.1, -0.05) is 43.3 Å². The lowest BCUT2D eigenvalue weighted by molar-refractivity contribution is -0.126. The molecule has 0 bridgehead atoms. The largest absolute Gasteiger partial charge is 0.457 e. The van der Waals surface area contributed by atoms with Gasteiger partial charge in [-0.2, -0.15) is 0 Å². The number of rotatable bonds is 8. The fourth-order valence-corrected chi connectivity index (χ4v) is 5.08. The second-order valence-electron chi connectivity index (χ2n) is 7.25. The molecule has 1 heterocycles. The molecule has 2 aromatic carbocycles. The molecule has 7 heteroatoms. The number of piperidine rings is 1. The Morgan fingerprint density at radius 2 is 1.86 bits per heavy atom. The van der Waals surface area contributed by atoms with Gasteiger partial charge in [0.1, 0.15) is 11.5 Å². The third kappa shape index (κ3) is 5.81. The molecule has 1 unspecified atom stereocenters. The summed E-state index contributed by atoms with van der Waals surface area (Å²) in [6, 6.07) is 17.1. The van der Waals surface area contributed by atoms with Crippen LogP contribution in [0.2, 0.25) is 0 Å². The van der Waals surface area contributed by atoms with Crippen LogP contribution in [0, 0.1) is 5.92 Å². The molecule has 1 saturated heterocycles. The molecule has 1 N–H and O–H groups in total. The lowest BCUT2D eigenvalue weighted by Crippen LogP contribution is -2.45. The van der Waals surface area contributed by atoms with Crippen LogP contribution in [0.5, 0.6) is 11.5 Å². The summed E-state index contributed by atoms with van der Waals surface area (Å²) < 4.78 is 32.1. The number of para-hydroxylation sites is 2. The Balaban J connectivity index is 1.61. The number of nitrogens with one attached hydrogen (secondary N) is 1. The molecule has 1 fully saturated rings. The van der Waals surface area contributed by atoms with Crippen molar-refractivity contribution < 1.29 is 17.9 Å². The van der Waals surface area contributed by atoms with Crippen LogP contribution in [-0.4, -0.2) is 37.5 Å². The number of ether oxygens (including phenoxy) is 1. The Labute approximate surface area is 172 Å². The Morgan fingerprint density at radius 1 is 1.14 bits per heavy atom. The van der Waals surface area contributed by atoms with E-state index in [4.69, 9.17) is 4.74 Å². The van der Waals surface area contributed by atoms with Gasteiger partial charge in [0.2, 0.25) is 15.9 Å². The van der Waals surface area contributed by atoms with Gasteiger partial charge in [-0.25, -0.2) is 12.7 Å². The lowest BCUT2D eigenvalue weighted by atomic mass is 9.98. The normalized spacial score (nSPS) is 17.6. The smallest absolute Gasteiger partial charge is 0.224 e. The first kappa shape index (κ1) is 21.3. The maximum atomic E-state index is 12.7. The van der Waals surface area contributed by atoms with Crippen molar-refractivity contribution in [1.82, 2.24) is 9.62 Å². The summed E-state index contributed by atoms with van der Waals surface area (Å²) in [5.41, 5.74) is 0.871. The predicted octanol–water partition coefficient (Wildman–Crippen LogP) is 3.55. The number of hydrogen-bond donors (Lipinski definition) is 1. The predicted molar refractivity (Wildman–Crippen MR) is 113 cm³/mol. The topological polar surface area (TPSA) is 75.7 Å². The molecule has 1 amide bonds. The molecule has 1 atom stereocenters. The maximum absolute atomic E-state index is 12.7. The van der Waals surface area contributed by atoms with Gasteiger partial charge in [0.25, 0.3) is 0 Å². The van der Waals surface area contributed by atoms with Crippen LogP contribution in [0.25, 0.3) is 0 Å². The van der Waals surface area contributed by atoms with Crippen molar-refractivity contribution in [1.29, 1.82) is 0 Å². The molecule has 2 aromatic rings. The van der Waals surface area contributed by atoms with Crippen LogP contribution >= 0.6 is 0 Å². The van der Waals surface area contributed by atoms with Crippen molar-refractivity contribution in [3.05, 3.63) is 60.2 Å². The van der Waals surface area contributed by atoms with Crippen LogP contribution in [0.4, 0.5) is 0 Å². The zero-order valence-electron chi connectivity index (χ0n) is 16.7. The van der Waals surface area contributed by atoms with E-state index in [2.05, 4.69) is 5.32 Å². The van der Waals surface area contributed by atoms with Crippen molar-refractivity contribution >= 4 is 15.9 Å². The highest BCUT2D eigenvalue weighted by Gasteiger charge is 2.31. The molecule has 0 saturated carbocycles. The molecule has 0 spiro atoms. The highest BCUT2D eigenvalue weighted by molar-refractivity contribution is 7.89. The molecule has 1 aliphatic rings. The van der Waals surface area contributed by atoms with Gasteiger partial charge < -0.3 is 10.1 Å². The summed E-state index contributed by atoms with van der Waals surface area (Å²) in [6.07, 6.45) is 1.98. The fraction of sp³-hybridized carbons (Fsp3) is 0.409. The summed E-state index contributed by atoms with van der Waals surface area (Å²) in [7, 11) is -3.27. The SMILES string of the molecule is CCCS(=O)(=O)N1CCCC(C(=O)NCc2ccccc2Oc2ccccc2)C1. The van der Waals surface area contributed by atoms with Gasteiger partial charge in [-0.05, 0) is 37.5 Å². The average molecular weight is 417 g/mol. The standard InChI is InChI=1S/C22H28N2O4S/c1-2-15-29(26,27)24-14-8-10-19(17-24)22(25)23-16-18-9-6-7-13-21(18)28-20-11-4-3-5-12-20/h3-7,9,11-13,19H,2,8,10,14-17H2,1H3,(H,23,25). The minimum Gasteiger partial charge on any atom is -0.457 e. The molecular weight excluding hydrogens is 388 g/mol. The number of nitrogens with zero attached hydrogens (tertiary/aromatic N) is 1. The number of benzene rings is 2. The maximum Gasteiger partial charge on any atom is 0.224 e. The third-order valence-electron chi connectivity index (χ3n) is 5.01. The van der Waals surface area contributed by atoms with E-state index in [-0.39, 0.29) is 24.1 Å². The van der Waals surface area contributed by atoms with Crippen LogP contribution < -0.4 is 10.1 Å². The minimum atomic E-state index is -3.27. The van der Waals surface area contributed by atoms with Gasteiger partial charge in [-0.3, -0.25) is 4.79 Å². The van der Waals surface area contributed by atoms with Gasteiger partial charge in [0.15, 0.2) is 0 Å². The van der Waals surface area contributed by atoms with Gasteiger partial charge >= 0.3 is 0 Å². The van der Waals surface area contributed by atoms with E-state index < -0.39 is 10.0 Å². The van der Waals surface area contributed by atoms with Crippen molar-refractivity contribution in [3.63, 3.8) is 0 Å². The molecule has 6 nitrogen and oxygen atoms in total. The van der Waals surface area contributed by atoms with Crippen LogP contribution in [0.15, 0.2) is 54.6 Å². The summed E-state index contributed by atoms with van der Waals surface area (Å²) in [6.45, 7) is 2.94. The Kier molecular flexibility index (Phi) is 7.28. The zero-order valence-corrected chi connectivity index (χ0v) is 17.5. The van der Waals surface area contributed by atoms with Crippen LogP contribution in [-0.2, 0) is 21.4 Å². The van der Waals surface area contributed by atoms with Crippen molar-refractivity contribution in [3.8, 4) is 11.5 Å². The van der Waals surface area contributed by atoms with E-state index in [1.807, 2.05) is 61.5 Å². The number of amides is 1. The number of sulfonamides is 1. The second kappa shape index (κ2) is 9.89. The van der Waals surface area contributed by atoms with E-state index in [0.29, 0.717) is 38.1 Å². The fourth-order valence-electron chi connectivity index (χ4n) is 3.49. The first-order valence-corrected chi connectivity index (χ1v) is 11.7. The van der Waals surface area contributed by atoms with E-state index in [1.165, 1.54) is 4.31 Å². The first-order valence-electron chi connectivity index (χ1n) is 10.1. The highest BCUT2D eigenvalue weighted by atomic mass is 32.2. The Morgan fingerprint density at radius 3 is 2.62 bits per heavy atom. The quantitative estimate of drug-likeness (QED) is 0.714. The summed E-state index contributed by atoms with van der Waals surface area (Å²) in [4.78, 5) is 12.7. The summed E-state index contributed by atoms with van der Waals surface area (Å²) in [5, 5.41) is 2.96. The second-order valence-corrected chi connectivity index (χ2v) is 9.34. The van der Waals surface area contributed by atoms with Crippen LogP contribution in [0.3, 0.4) is 0 Å². The molecule has 156 valence electrons. The van der Waals surface area contributed by atoms with Gasteiger partial charge in [-0.15, -0.1) is 0 Å². The minimum absolute atomic E-state index is 0.115. The third-order valence-corrected chi connectivity index (χ3v) is 7.05. The average Bonchev–Trinajstić information content (AvgIpc) is 2.74. The summed E-state index contributed by atoms with van der Waals surface area (Å²) >= 11 is 0. The monoisotopic (exact) mass is 416 g/mol. The number of carbonyl (C=O) groups excluding carboxylic acids is 1. The molecule has 1 aliphatic heterocycles. The molecule has 0 radical (unpaired) electrons. The van der Waals surface area contributed by atoms with Gasteiger partial charge in [0.05, 0.1) is 11.7 Å².